The van der Waals surface area contributed by atoms with Crippen molar-refractivity contribution in [3.63, 3.8) is 0 Å². The van der Waals surface area contributed by atoms with Gasteiger partial charge in [0.15, 0.2) is 0 Å². The fraction of sp³-hybridized carbons (Fsp3) is 0.588. The summed E-state index contributed by atoms with van der Waals surface area (Å²) in [5, 5.41) is 3.13. The number of nitrogens with one attached hydrogen (secondary N) is 1. The molecule has 0 spiro atoms. The Kier molecular flexibility index (Phi) is 6.36. The van der Waals surface area contributed by atoms with Gasteiger partial charge in [0.2, 0.25) is 5.56 Å². The second kappa shape index (κ2) is 8.53. The van der Waals surface area contributed by atoms with Crippen molar-refractivity contribution in [2.45, 2.75) is 23.8 Å². The van der Waals surface area contributed by atoms with Gasteiger partial charge in [-0.3, -0.25) is 13.9 Å². The summed E-state index contributed by atoms with van der Waals surface area (Å²) in [4.78, 5) is 14.7. The SMILES string of the molecule is O=C(OC(N1CCNCC1)S(=O)[O-])C1(c2ccc(F)cc2)CCOCC1. The van der Waals surface area contributed by atoms with E-state index in [0.717, 1.165) is 0 Å². The summed E-state index contributed by atoms with van der Waals surface area (Å²) in [5.74, 6) is -1.01. The number of halogens is 1. The summed E-state index contributed by atoms with van der Waals surface area (Å²) in [6.07, 6.45) is 0.717. The number of carbonyl (C=O) groups is 1. The third-order valence-electron chi connectivity index (χ3n) is 4.96. The van der Waals surface area contributed by atoms with Crippen LogP contribution in [-0.4, -0.2) is 64.6 Å². The first kappa shape index (κ1) is 19.4. The van der Waals surface area contributed by atoms with Crippen molar-refractivity contribution < 1.29 is 27.4 Å². The zero-order valence-corrected chi connectivity index (χ0v) is 15.1. The molecule has 0 saturated carbocycles. The van der Waals surface area contributed by atoms with Crippen molar-refractivity contribution in [3.05, 3.63) is 35.6 Å². The number of carbonyl (C=O) groups excluding carboxylic acids is 1. The summed E-state index contributed by atoms with van der Waals surface area (Å²) in [6.45, 7) is 2.90. The normalized spacial score (nSPS) is 23.2. The number of rotatable bonds is 5. The van der Waals surface area contributed by atoms with E-state index < -0.39 is 33.8 Å². The maximum Gasteiger partial charge on any atom is 0.318 e. The number of hydrogen-bond acceptors (Lipinski definition) is 7. The average molecular weight is 385 g/mol. The molecule has 2 aliphatic heterocycles. The monoisotopic (exact) mass is 385 g/mol. The number of benzene rings is 1. The van der Waals surface area contributed by atoms with Gasteiger partial charge in [0.05, 0.1) is 5.41 Å². The van der Waals surface area contributed by atoms with Crippen molar-refractivity contribution in [1.29, 1.82) is 0 Å². The molecule has 3 rings (SSSR count). The Balaban J connectivity index is 1.84. The van der Waals surface area contributed by atoms with Gasteiger partial charge >= 0.3 is 5.97 Å². The highest BCUT2D eigenvalue weighted by Crippen LogP contribution is 2.37. The van der Waals surface area contributed by atoms with Crippen LogP contribution in [0.5, 0.6) is 0 Å². The van der Waals surface area contributed by atoms with Gasteiger partial charge in [-0.05, 0) is 30.5 Å². The lowest BCUT2D eigenvalue weighted by molar-refractivity contribution is -0.163. The first-order chi connectivity index (χ1) is 12.5. The molecule has 9 heteroatoms. The summed E-state index contributed by atoms with van der Waals surface area (Å²) >= 11 is -2.59. The number of ether oxygens (including phenoxy) is 2. The molecule has 0 amide bonds. The number of hydrogen-bond donors (Lipinski definition) is 1. The maximum absolute atomic E-state index is 13.3. The van der Waals surface area contributed by atoms with E-state index in [1.165, 1.54) is 12.1 Å². The second-order valence-corrected chi connectivity index (χ2v) is 7.38. The Labute approximate surface area is 154 Å². The maximum atomic E-state index is 13.3. The molecule has 144 valence electrons. The topological polar surface area (TPSA) is 90.9 Å². The van der Waals surface area contributed by atoms with Crippen LogP contribution in [0.3, 0.4) is 0 Å². The van der Waals surface area contributed by atoms with E-state index in [2.05, 4.69) is 5.32 Å². The lowest BCUT2D eigenvalue weighted by atomic mass is 9.74. The van der Waals surface area contributed by atoms with E-state index in [-0.39, 0.29) is 0 Å². The molecule has 7 nitrogen and oxygen atoms in total. The van der Waals surface area contributed by atoms with E-state index in [0.29, 0.717) is 57.8 Å². The van der Waals surface area contributed by atoms with Crippen LogP contribution in [0.15, 0.2) is 24.3 Å². The Bertz CT molecular complexity index is 645. The fourth-order valence-corrected chi connectivity index (χ4v) is 4.05. The van der Waals surface area contributed by atoms with Crippen molar-refractivity contribution in [1.82, 2.24) is 10.2 Å². The van der Waals surface area contributed by atoms with Crippen LogP contribution in [0, 0.1) is 5.82 Å². The van der Waals surface area contributed by atoms with Crippen LogP contribution in [0.1, 0.15) is 18.4 Å². The van der Waals surface area contributed by atoms with Crippen molar-refractivity contribution in [2.75, 3.05) is 39.4 Å². The molecule has 0 radical (unpaired) electrons. The molecular formula is C17H22FN2O5S-. The third kappa shape index (κ3) is 4.12. The van der Waals surface area contributed by atoms with Gasteiger partial charge in [0.1, 0.15) is 5.82 Å². The lowest BCUT2D eigenvalue weighted by Gasteiger charge is -2.40. The van der Waals surface area contributed by atoms with Crippen LogP contribution >= 0.6 is 0 Å². The summed E-state index contributed by atoms with van der Waals surface area (Å²) in [7, 11) is 0. The van der Waals surface area contributed by atoms with E-state index in [4.69, 9.17) is 9.47 Å². The molecule has 2 heterocycles. The molecule has 2 atom stereocenters. The molecule has 0 aliphatic carbocycles. The quantitative estimate of drug-likeness (QED) is 0.582. The van der Waals surface area contributed by atoms with Crippen molar-refractivity contribution in [3.8, 4) is 0 Å². The fourth-order valence-electron chi connectivity index (χ4n) is 3.43. The lowest BCUT2D eigenvalue weighted by Crippen LogP contribution is -2.53. The molecule has 1 aromatic carbocycles. The zero-order valence-electron chi connectivity index (χ0n) is 14.3. The minimum absolute atomic E-state index is 0.352. The van der Waals surface area contributed by atoms with Gasteiger partial charge in [0.25, 0.3) is 0 Å². The van der Waals surface area contributed by atoms with Crippen molar-refractivity contribution >= 4 is 17.0 Å². The summed E-state index contributed by atoms with van der Waals surface area (Å²) in [6, 6.07) is 5.69. The molecule has 2 fully saturated rings. The molecular weight excluding hydrogens is 363 g/mol. The number of nitrogens with zero attached hydrogens (tertiary/aromatic N) is 1. The minimum Gasteiger partial charge on any atom is -0.769 e. The van der Waals surface area contributed by atoms with Gasteiger partial charge in [-0.2, -0.15) is 0 Å². The van der Waals surface area contributed by atoms with Gasteiger partial charge in [-0.25, -0.2) is 4.39 Å². The van der Waals surface area contributed by atoms with Crippen LogP contribution in [0.4, 0.5) is 4.39 Å². The van der Waals surface area contributed by atoms with Crippen LogP contribution in [0.25, 0.3) is 0 Å². The first-order valence-corrected chi connectivity index (χ1v) is 9.74. The molecule has 1 aromatic rings. The minimum atomic E-state index is -2.59. The predicted octanol–water partition coefficient (Wildman–Crippen LogP) is 0.485. The Morgan fingerprint density at radius 1 is 1.27 bits per heavy atom. The zero-order chi connectivity index (χ0) is 18.6. The van der Waals surface area contributed by atoms with E-state index in [1.807, 2.05) is 0 Å². The highest BCUT2D eigenvalue weighted by Gasteiger charge is 2.45. The van der Waals surface area contributed by atoms with Crippen LogP contribution in [0.2, 0.25) is 0 Å². The summed E-state index contributed by atoms with van der Waals surface area (Å²) in [5.41, 5.74) is -1.75. The molecule has 2 aliphatic rings. The standard InChI is InChI=1S/C17H23FN2O5S/c18-14-3-1-13(2-4-14)17(5-11-24-12-6-17)15(21)25-16(26(22)23)20-9-7-19-8-10-20/h1-4,16,19H,5-12H2,(H,22,23)/p-1. The van der Waals surface area contributed by atoms with E-state index >= 15 is 0 Å². The van der Waals surface area contributed by atoms with Crippen LogP contribution in [-0.2, 0) is 30.8 Å². The predicted molar refractivity (Wildman–Crippen MR) is 91.4 cm³/mol. The van der Waals surface area contributed by atoms with Gasteiger partial charge in [-0.1, -0.05) is 12.1 Å². The largest absolute Gasteiger partial charge is 0.769 e. The Morgan fingerprint density at radius 2 is 1.88 bits per heavy atom. The molecule has 0 aromatic heterocycles. The van der Waals surface area contributed by atoms with E-state index in [1.54, 1.807) is 17.0 Å². The number of esters is 1. The highest BCUT2D eigenvalue weighted by atomic mass is 32.2. The Hall–Kier alpha value is -1.39. The molecule has 1 N–H and O–H groups in total. The first-order valence-electron chi connectivity index (χ1n) is 8.61. The van der Waals surface area contributed by atoms with E-state index in [9.17, 15) is 17.9 Å². The Morgan fingerprint density at radius 3 is 2.46 bits per heavy atom. The molecule has 2 unspecified atom stereocenters. The highest BCUT2D eigenvalue weighted by molar-refractivity contribution is 7.79. The van der Waals surface area contributed by atoms with Gasteiger partial charge in [-0.15, -0.1) is 0 Å². The van der Waals surface area contributed by atoms with Gasteiger partial charge in [0, 0.05) is 50.5 Å². The third-order valence-corrected chi connectivity index (χ3v) is 5.68. The van der Waals surface area contributed by atoms with Crippen LogP contribution < -0.4 is 5.32 Å². The molecule has 0 bridgehead atoms. The number of piperazine rings is 1. The molecule has 26 heavy (non-hydrogen) atoms. The van der Waals surface area contributed by atoms with Crippen molar-refractivity contribution in [2.24, 2.45) is 0 Å². The van der Waals surface area contributed by atoms with Gasteiger partial charge < -0.3 is 19.3 Å². The molecule has 2 saturated heterocycles. The second-order valence-electron chi connectivity index (χ2n) is 6.46. The summed E-state index contributed by atoms with van der Waals surface area (Å²) < 4.78 is 47.5. The average Bonchev–Trinajstić information content (AvgIpc) is 2.67. The smallest absolute Gasteiger partial charge is 0.318 e.